The lowest BCUT2D eigenvalue weighted by atomic mass is 10.3. The second-order valence-corrected chi connectivity index (χ2v) is 6.62. The number of methoxy groups -OCH3 is 2. The van der Waals surface area contributed by atoms with E-state index in [0.29, 0.717) is 4.47 Å². The summed E-state index contributed by atoms with van der Waals surface area (Å²) in [6.45, 7) is 1.45. The molecule has 1 aromatic rings. The summed E-state index contributed by atoms with van der Waals surface area (Å²) in [6.07, 6.45) is 0. The number of likely N-dealkylation sites (N-methyl/N-ethyl adjacent to an activating group) is 1. The number of esters is 1. The van der Waals surface area contributed by atoms with Crippen molar-refractivity contribution in [3.8, 4) is 5.75 Å². The van der Waals surface area contributed by atoms with Crippen molar-refractivity contribution in [2.24, 2.45) is 0 Å². The molecule has 0 aliphatic rings. The van der Waals surface area contributed by atoms with Crippen LogP contribution < -0.4 is 4.74 Å². The summed E-state index contributed by atoms with van der Waals surface area (Å²) >= 11 is 3.22. The minimum absolute atomic E-state index is 0.000119. The van der Waals surface area contributed by atoms with Crippen LogP contribution in [0.1, 0.15) is 6.92 Å². The van der Waals surface area contributed by atoms with Crippen LogP contribution in [0.4, 0.5) is 0 Å². The highest BCUT2D eigenvalue weighted by atomic mass is 79.9. The number of sulfonamides is 1. The number of carbonyl (C=O) groups is 1. The van der Waals surface area contributed by atoms with E-state index < -0.39 is 16.0 Å². The molecule has 0 N–H and O–H groups in total. The number of ether oxygens (including phenoxy) is 2. The minimum atomic E-state index is -3.84. The summed E-state index contributed by atoms with van der Waals surface area (Å²) in [5, 5.41) is 0. The van der Waals surface area contributed by atoms with E-state index in [0.717, 1.165) is 4.31 Å². The lowest BCUT2D eigenvalue weighted by molar-refractivity contribution is -0.140. The third kappa shape index (κ3) is 3.71. The molecule has 0 saturated carbocycles. The largest absolute Gasteiger partial charge is 0.495 e. The fourth-order valence-corrected chi connectivity index (χ4v) is 3.65. The van der Waals surface area contributed by atoms with Crippen LogP contribution in [0.3, 0.4) is 0 Å². The molecule has 1 rings (SSSR count). The number of nitrogens with zero attached hydrogens (tertiary/aromatic N) is 1. The molecule has 8 heteroatoms. The van der Waals surface area contributed by atoms with Crippen molar-refractivity contribution in [2.45, 2.75) is 11.8 Å². The number of carbonyl (C=O) groups excluding carboxylic acids is 1. The standard InChI is InChI=1S/C12H16BrNO5S/c1-4-14(8-12(15)19-3)20(16,17)11-7-9(13)5-6-10(11)18-2/h5-7H,4,8H2,1-3H3. The SMILES string of the molecule is CCN(CC(=O)OC)S(=O)(=O)c1cc(Br)ccc1OC. The van der Waals surface area contributed by atoms with Crippen molar-refractivity contribution >= 4 is 31.9 Å². The van der Waals surface area contributed by atoms with Gasteiger partial charge in [0.05, 0.1) is 14.2 Å². The van der Waals surface area contributed by atoms with Gasteiger partial charge in [-0.05, 0) is 18.2 Å². The molecular weight excluding hydrogens is 350 g/mol. The average Bonchev–Trinajstić information content (AvgIpc) is 2.44. The van der Waals surface area contributed by atoms with Gasteiger partial charge in [-0.2, -0.15) is 4.31 Å². The first-order valence-electron chi connectivity index (χ1n) is 5.77. The van der Waals surface area contributed by atoms with Crippen molar-refractivity contribution < 1.29 is 22.7 Å². The summed E-state index contributed by atoms with van der Waals surface area (Å²) in [7, 11) is -1.25. The quantitative estimate of drug-likeness (QED) is 0.716. The van der Waals surface area contributed by atoms with E-state index in [2.05, 4.69) is 20.7 Å². The summed E-state index contributed by atoms with van der Waals surface area (Å²) in [4.78, 5) is 11.3. The Balaban J connectivity index is 3.26. The monoisotopic (exact) mass is 365 g/mol. The van der Waals surface area contributed by atoms with Crippen LogP contribution in [0, 0.1) is 0 Å². The fraction of sp³-hybridized carbons (Fsp3) is 0.417. The van der Waals surface area contributed by atoms with Gasteiger partial charge in [0, 0.05) is 11.0 Å². The Morgan fingerprint density at radius 2 is 2.00 bits per heavy atom. The van der Waals surface area contributed by atoms with Gasteiger partial charge in [0.25, 0.3) is 0 Å². The summed E-state index contributed by atoms with van der Waals surface area (Å²) < 4.78 is 36.3. The topological polar surface area (TPSA) is 72.9 Å². The molecule has 0 spiro atoms. The summed E-state index contributed by atoms with van der Waals surface area (Å²) in [5.74, 6) is -0.402. The van der Waals surface area contributed by atoms with Crippen molar-refractivity contribution in [3.05, 3.63) is 22.7 Å². The van der Waals surface area contributed by atoms with Crippen LogP contribution >= 0.6 is 15.9 Å². The molecule has 0 bridgehead atoms. The van der Waals surface area contributed by atoms with E-state index in [4.69, 9.17) is 4.74 Å². The second kappa shape index (κ2) is 7.05. The highest BCUT2D eigenvalue weighted by Crippen LogP contribution is 2.29. The van der Waals surface area contributed by atoms with Gasteiger partial charge in [-0.3, -0.25) is 4.79 Å². The zero-order chi connectivity index (χ0) is 15.3. The Kier molecular flexibility index (Phi) is 5.97. The maximum atomic E-state index is 12.6. The molecule has 0 unspecified atom stereocenters. The number of halogens is 1. The molecular formula is C12H16BrNO5S. The molecule has 0 amide bonds. The highest BCUT2D eigenvalue weighted by Gasteiger charge is 2.28. The summed E-state index contributed by atoms with van der Waals surface area (Å²) in [6, 6.07) is 4.66. The summed E-state index contributed by atoms with van der Waals surface area (Å²) in [5.41, 5.74) is 0. The third-order valence-corrected chi connectivity index (χ3v) is 5.06. The molecule has 0 fully saturated rings. The first kappa shape index (κ1) is 16.9. The van der Waals surface area contributed by atoms with Crippen LogP contribution in [0.5, 0.6) is 5.75 Å². The van der Waals surface area contributed by atoms with Gasteiger partial charge in [-0.15, -0.1) is 0 Å². The first-order valence-corrected chi connectivity index (χ1v) is 8.00. The number of benzene rings is 1. The van der Waals surface area contributed by atoms with Crippen LogP contribution in [0.15, 0.2) is 27.6 Å². The molecule has 0 atom stereocenters. The van der Waals surface area contributed by atoms with Crippen LogP contribution in [-0.2, 0) is 19.6 Å². The Hall–Kier alpha value is -1.12. The van der Waals surface area contributed by atoms with Gasteiger partial charge in [-0.1, -0.05) is 22.9 Å². The first-order chi connectivity index (χ1) is 9.36. The Bertz CT molecular complexity index is 588. The highest BCUT2D eigenvalue weighted by molar-refractivity contribution is 9.10. The maximum absolute atomic E-state index is 12.6. The molecule has 0 aromatic heterocycles. The molecule has 0 heterocycles. The van der Waals surface area contributed by atoms with Crippen molar-refractivity contribution in [3.63, 3.8) is 0 Å². The lowest BCUT2D eigenvalue weighted by Crippen LogP contribution is -2.36. The average molecular weight is 366 g/mol. The van der Waals surface area contributed by atoms with Gasteiger partial charge < -0.3 is 9.47 Å². The van der Waals surface area contributed by atoms with E-state index in [1.165, 1.54) is 20.3 Å². The van der Waals surface area contributed by atoms with Crippen molar-refractivity contribution in [2.75, 3.05) is 27.3 Å². The normalized spacial score (nSPS) is 11.4. The van der Waals surface area contributed by atoms with E-state index in [9.17, 15) is 13.2 Å². The maximum Gasteiger partial charge on any atom is 0.321 e. The smallest absolute Gasteiger partial charge is 0.321 e. The lowest BCUT2D eigenvalue weighted by Gasteiger charge is -2.20. The predicted molar refractivity (Wildman–Crippen MR) is 77.1 cm³/mol. The van der Waals surface area contributed by atoms with Crippen molar-refractivity contribution in [1.82, 2.24) is 4.31 Å². The van der Waals surface area contributed by atoms with E-state index in [-0.39, 0.29) is 23.7 Å². The minimum Gasteiger partial charge on any atom is -0.495 e. The molecule has 112 valence electrons. The van der Waals surface area contributed by atoms with E-state index >= 15 is 0 Å². The third-order valence-electron chi connectivity index (χ3n) is 2.63. The zero-order valence-electron chi connectivity index (χ0n) is 11.4. The fourth-order valence-electron chi connectivity index (χ4n) is 1.57. The molecule has 0 aliphatic heterocycles. The Morgan fingerprint density at radius 3 is 2.50 bits per heavy atom. The number of hydrogen-bond acceptors (Lipinski definition) is 5. The number of rotatable bonds is 6. The predicted octanol–water partition coefficient (Wildman–Crippen LogP) is 1.64. The molecule has 6 nitrogen and oxygen atoms in total. The van der Waals surface area contributed by atoms with Crippen LogP contribution in [0.25, 0.3) is 0 Å². The molecule has 0 aliphatic carbocycles. The second-order valence-electron chi connectivity index (χ2n) is 3.80. The zero-order valence-corrected chi connectivity index (χ0v) is 13.8. The van der Waals surface area contributed by atoms with Gasteiger partial charge in [0.1, 0.15) is 17.2 Å². The molecule has 0 saturated heterocycles. The number of hydrogen-bond donors (Lipinski definition) is 0. The Labute approximate surface area is 126 Å². The molecule has 20 heavy (non-hydrogen) atoms. The molecule has 1 aromatic carbocycles. The van der Waals surface area contributed by atoms with E-state index in [1.807, 2.05) is 0 Å². The van der Waals surface area contributed by atoms with Gasteiger partial charge in [0.2, 0.25) is 10.0 Å². The van der Waals surface area contributed by atoms with Gasteiger partial charge in [-0.25, -0.2) is 8.42 Å². The van der Waals surface area contributed by atoms with E-state index in [1.54, 1.807) is 19.1 Å². The molecule has 0 radical (unpaired) electrons. The van der Waals surface area contributed by atoms with Crippen LogP contribution in [-0.4, -0.2) is 46.0 Å². The van der Waals surface area contributed by atoms with Gasteiger partial charge in [0.15, 0.2) is 0 Å². The van der Waals surface area contributed by atoms with Gasteiger partial charge >= 0.3 is 5.97 Å². The van der Waals surface area contributed by atoms with Crippen molar-refractivity contribution in [1.29, 1.82) is 0 Å². The van der Waals surface area contributed by atoms with Crippen LogP contribution in [0.2, 0.25) is 0 Å². The Morgan fingerprint density at radius 1 is 1.35 bits per heavy atom.